The van der Waals surface area contributed by atoms with Gasteiger partial charge in [-0.15, -0.1) is 0 Å². The number of halogens is 2. The van der Waals surface area contributed by atoms with Crippen LogP contribution < -0.4 is 15.2 Å². The van der Waals surface area contributed by atoms with Crippen LogP contribution in [0.3, 0.4) is 0 Å². The van der Waals surface area contributed by atoms with E-state index in [1.165, 1.54) is 18.0 Å². The van der Waals surface area contributed by atoms with Gasteiger partial charge in [0.1, 0.15) is 11.6 Å². The number of hydrogen-bond acceptors (Lipinski definition) is 4. The minimum atomic E-state index is -0.523. The van der Waals surface area contributed by atoms with Crippen molar-refractivity contribution in [1.29, 1.82) is 0 Å². The van der Waals surface area contributed by atoms with E-state index in [0.29, 0.717) is 5.69 Å². The van der Waals surface area contributed by atoms with Crippen LogP contribution in [-0.4, -0.2) is 7.11 Å². The van der Waals surface area contributed by atoms with Gasteiger partial charge in [0, 0.05) is 4.90 Å². The van der Waals surface area contributed by atoms with Crippen LogP contribution in [0.15, 0.2) is 41.3 Å². The predicted molar refractivity (Wildman–Crippen MR) is 78.3 cm³/mol. The molecule has 0 heterocycles. The highest BCUT2D eigenvalue weighted by atomic mass is 35.5. The second-order valence-corrected chi connectivity index (χ2v) is 4.96. The van der Waals surface area contributed by atoms with E-state index in [2.05, 4.69) is 4.72 Å². The summed E-state index contributed by atoms with van der Waals surface area (Å²) < 4.78 is 21.3. The lowest BCUT2D eigenvalue weighted by molar-refractivity contribution is 0.414. The maximum Gasteiger partial charge on any atom is 0.147 e. The molecule has 0 amide bonds. The lowest BCUT2D eigenvalue weighted by Crippen LogP contribution is -1.95. The molecule has 3 N–H and O–H groups in total. The second-order valence-electron chi connectivity index (χ2n) is 3.70. The van der Waals surface area contributed by atoms with E-state index in [9.17, 15) is 4.39 Å². The van der Waals surface area contributed by atoms with Gasteiger partial charge in [0.15, 0.2) is 0 Å². The maximum absolute atomic E-state index is 13.1. The van der Waals surface area contributed by atoms with Crippen molar-refractivity contribution in [3.05, 3.63) is 47.2 Å². The summed E-state index contributed by atoms with van der Waals surface area (Å²) in [6.07, 6.45) is 0. The summed E-state index contributed by atoms with van der Waals surface area (Å²) in [7, 11) is 1.61. The first-order chi connectivity index (χ1) is 9.11. The molecule has 0 bridgehead atoms. The highest BCUT2D eigenvalue weighted by Gasteiger charge is 2.08. The largest absolute Gasteiger partial charge is 0.497 e. The number of nitrogen functional groups attached to an aromatic ring is 1. The molecule has 3 nitrogen and oxygen atoms in total. The van der Waals surface area contributed by atoms with Gasteiger partial charge in [-0.1, -0.05) is 11.6 Å². The fourth-order valence-electron chi connectivity index (χ4n) is 1.41. The Labute approximate surface area is 120 Å². The van der Waals surface area contributed by atoms with Crippen molar-refractivity contribution in [2.24, 2.45) is 0 Å². The number of benzene rings is 2. The van der Waals surface area contributed by atoms with Crippen LogP contribution in [-0.2, 0) is 0 Å². The molecular formula is C13H12ClFN2OS. The van der Waals surface area contributed by atoms with Crippen molar-refractivity contribution in [1.82, 2.24) is 0 Å². The maximum atomic E-state index is 13.1. The first-order valence-corrected chi connectivity index (χ1v) is 6.61. The summed E-state index contributed by atoms with van der Waals surface area (Å²) in [5, 5.41) is 0.181. The Morgan fingerprint density at radius 3 is 2.53 bits per heavy atom. The Morgan fingerprint density at radius 2 is 1.89 bits per heavy atom. The minimum absolute atomic E-state index is 0.0537. The van der Waals surface area contributed by atoms with E-state index in [0.717, 1.165) is 10.6 Å². The molecule has 0 saturated carbocycles. The molecule has 0 saturated heterocycles. The summed E-state index contributed by atoms with van der Waals surface area (Å²) in [6, 6.07) is 10.3. The van der Waals surface area contributed by atoms with Gasteiger partial charge in [-0.3, -0.25) is 0 Å². The van der Waals surface area contributed by atoms with Gasteiger partial charge in [-0.2, -0.15) is 0 Å². The summed E-state index contributed by atoms with van der Waals surface area (Å²) in [4.78, 5) is 0.972. The quantitative estimate of drug-likeness (QED) is 0.656. The van der Waals surface area contributed by atoms with E-state index in [-0.39, 0.29) is 10.7 Å². The lowest BCUT2D eigenvalue weighted by Gasteiger charge is -2.10. The van der Waals surface area contributed by atoms with Crippen molar-refractivity contribution in [2.45, 2.75) is 4.90 Å². The van der Waals surface area contributed by atoms with Crippen molar-refractivity contribution in [3.63, 3.8) is 0 Å². The van der Waals surface area contributed by atoms with Crippen LogP contribution in [0.25, 0.3) is 0 Å². The van der Waals surface area contributed by atoms with Gasteiger partial charge in [0.05, 0.1) is 23.5 Å². The van der Waals surface area contributed by atoms with E-state index >= 15 is 0 Å². The van der Waals surface area contributed by atoms with Crippen LogP contribution in [0.4, 0.5) is 15.8 Å². The standard InChI is InChI=1S/C13H12ClFN2OS/c1-18-8-2-4-9(5-3-8)19-17-11-7-6-10(15)13(16)12(11)14/h2-7,17H,16H2,1H3. The van der Waals surface area contributed by atoms with Gasteiger partial charge in [-0.25, -0.2) is 4.39 Å². The number of anilines is 2. The fraction of sp³-hybridized carbons (Fsp3) is 0.0769. The van der Waals surface area contributed by atoms with Crippen LogP contribution in [0.1, 0.15) is 0 Å². The molecule has 0 atom stereocenters. The molecule has 0 aliphatic rings. The Hall–Kier alpha value is -1.59. The summed E-state index contributed by atoms with van der Waals surface area (Å²) >= 11 is 7.31. The topological polar surface area (TPSA) is 47.3 Å². The molecule has 0 fully saturated rings. The normalized spacial score (nSPS) is 10.3. The van der Waals surface area contributed by atoms with Crippen molar-refractivity contribution in [3.8, 4) is 5.75 Å². The molecule has 2 aromatic carbocycles. The molecule has 100 valence electrons. The zero-order valence-electron chi connectivity index (χ0n) is 10.1. The van der Waals surface area contributed by atoms with Gasteiger partial charge in [0.25, 0.3) is 0 Å². The smallest absolute Gasteiger partial charge is 0.147 e. The number of nitrogens with one attached hydrogen (secondary N) is 1. The summed E-state index contributed by atoms with van der Waals surface area (Å²) in [5.41, 5.74) is 6.03. The monoisotopic (exact) mass is 298 g/mol. The number of nitrogens with two attached hydrogens (primary N) is 1. The average molecular weight is 299 g/mol. The van der Waals surface area contributed by atoms with Crippen LogP contribution in [0.5, 0.6) is 5.75 Å². The predicted octanol–water partition coefficient (Wildman–Crippen LogP) is 4.19. The third kappa shape index (κ3) is 3.24. The van der Waals surface area contributed by atoms with Crippen LogP contribution >= 0.6 is 23.5 Å². The highest BCUT2D eigenvalue weighted by molar-refractivity contribution is 8.00. The molecule has 2 aromatic rings. The van der Waals surface area contributed by atoms with Gasteiger partial charge < -0.3 is 15.2 Å². The van der Waals surface area contributed by atoms with Crippen LogP contribution in [0.2, 0.25) is 5.02 Å². The van der Waals surface area contributed by atoms with Gasteiger partial charge in [-0.05, 0) is 48.3 Å². The molecule has 0 spiro atoms. The highest BCUT2D eigenvalue weighted by Crippen LogP contribution is 2.33. The van der Waals surface area contributed by atoms with E-state index in [1.807, 2.05) is 24.3 Å². The van der Waals surface area contributed by atoms with E-state index < -0.39 is 5.82 Å². The third-order valence-electron chi connectivity index (χ3n) is 2.46. The van der Waals surface area contributed by atoms with Gasteiger partial charge in [0.2, 0.25) is 0 Å². The SMILES string of the molecule is COc1ccc(SNc2ccc(F)c(N)c2Cl)cc1. The lowest BCUT2D eigenvalue weighted by atomic mass is 10.3. The third-order valence-corrected chi connectivity index (χ3v) is 3.70. The Bertz CT molecular complexity index is 578. The Balaban J connectivity index is 2.08. The first kappa shape index (κ1) is 13.8. The molecule has 0 radical (unpaired) electrons. The zero-order chi connectivity index (χ0) is 13.8. The van der Waals surface area contributed by atoms with E-state index in [4.69, 9.17) is 22.1 Å². The molecule has 0 unspecified atom stereocenters. The summed E-state index contributed by atoms with van der Waals surface area (Å²) in [5.74, 6) is 0.262. The van der Waals surface area contributed by atoms with E-state index in [1.54, 1.807) is 13.2 Å². The van der Waals surface area contributed by atoms with Crippen molar-refractivity contribution in [2.75, 3.05) is 17.6 Å². The van der Waals surface area contributed by atoms with Gasteiger partial charge >= 0.3 is 0 Å². The molecule has 6 heteroatoms. The minimum Gasteiger partial charge on any atom is -0.497 e. The number of ether oxygens (including phenoxy) is 1. The Kier molecular flexibility index (Phi) is 4.39. The van der Waals surface area contributed by atoms with Crippen LogP contribution in [0, 0.1) is 5.82 Å². The molecular weight excluding hydrogens is 287 g/mol. The van der Waals surface area contributed by atoms with Crippen molar-refractivity contribution < 1.29 is 9.13 Å². The summed E-state index contributed by atoms with van der Waals surface area (Å²) in [6.45, 7) is 0. The first-order valence-electron chi connectivity index (χ1n) is 5.42. The Morgan fingerprint density at radius 1 is 1.21 bits per heavy atom. The molecule has 0 aliphatic heterocycles. The number of rotatable bonds is 4. The fourth-order valence-corrected chi connectivity index (χ4v) is 2.33. The molecule has 19 heavy (non-hydrogen) atoms. The van der Waals surface area contributed by atoms with Crippen molar-refractivity contribution >= 4 is 34.9 Å². The number of hydrogen-bond donors (Lipinski definition) is 2. The number of methoxy groups -OCH3 is 1. The molecule has 2 rings (SSSR count). The molecule has 0 aliphatic carbocycles. The zero-order valence-corrected chi connectivity index (χ0v) is 11.7. The second kappa shape index (κ2) is 6.04. The average Bonchev–Trinajstić information content (AvgIpc) is 2.45. The molecule has 0 aromatic heterocycles.